The van der Waals surface area contributed by atoms with Gasteiger partial charge < -0.3 is 10.2 Å². The molecule has 39 heavy (non-hydrogen) atoms. The van der Waals surface area contributed by atoms with E-state index < -0.39 is 65.2 Å². The first-order valence-corrected chi connectivity index (χ1v) is 11.2. The Balaban J connectivity index is 1.43. The zero-order valence-corrected chi connectivity index (χ0v) is 19.8. The van der Waals surface area contributed by atoms with E-state index in [1.165, 1.54) is 13.0 Å². The van der Waals surface area contributed by atoms with Gasteiger partial charge in [-0.1, -0.05) is 0 Å². The zero-order valence-electron chi connectivity index (χ0n) is 19.8. The van der Waals surface area contributed by atoms with Crippen LogP contribution in [0, 0.1) is 5.82 Å². The molecule has 2 N–H and O–H groups in total. The Labute approximate surface area is 214 Å². The second kappa shape index (κ2) is 10.2. The number of rotatable bonds is 7. The quantitative estimate of drug-likeness (QED) is 0.409. The molecular formula is C23H18F8N6O2. The molecule has 0 aliphatic carbocycles. The number of amides is 1. The van der Waals surface area contributed by atoms with Crippen molar-refractivity contribution in [3.05, 3.63) is 69.1 Å². The summed E-state index contributed by atoms with van der Waals surface area (Å²) >= 11 is 0. The fourth-order valence-electron chi connectivity index (χ4n) is 4.14. The van der Waals surface area contributed by atoms with Crippen molar-refractivity contribution in [2.75, 3.05) is 11.9 Å². The molecule has 4 rings (SSSR count). The maximum atomic E-state index is 14.9. The summed E-state index contributed by atoms with van der Waals surface area (Å²) in [7, 11) is 0. The van der Waals surface area contributed by atoms with Crippen molar-refractivity contribution in [1.29, 1.82) is 0 Å². The molecule has 208 valence electrons. The summed E-state index contributed by atoms with van der Waals surface area (Å²) in [5.41, 5.74) is -4.81. The highest BCUT2D eigenvalue weighted by molar-refractivity contribution is 5.99. The van der Waals surface area contributed by atoms with Crippen molar-refractivity contribution in [2.45, 2.75) is 44.5 Å². The average Bonchev–Trinajstić information content (AvgIpc) is 3.11. The summed E-state index contributed by atoms with van der Waals surface area (Å²) in [6.45, 7) is 0.744. The van der Waals surface area contributed by atoms with Crippen LogP contribution < -0.4 is 10.9 Å². The number of nitrogens with one attached hydrogen (secondary N) is 2. The van der Waals surface area contributed by atoms with Crippen molar-refractivity contribution in [3.63, 3.8) is 0 Å². The minimum Gasteiger partial charge on any atom is -0.381 e. The minimum atomic E-state index is -4.99. The molecule has 0 fully saturated rings. The van der Waals surface area contributed by atoms with E-state index in [4.69, 9.17) is 0 Å². The number of benzene rings is 1. The summed E-state index contributed by atoms with van der Waals surface area (Å²) in [6, 6.07) is 1.15. The average molecular weight is 562 g/mol. The summed E-state index contributed by atoms with van der Waals surface area (Å²) in [5, 5.41) is 7.42. The number of nitrogens with zero attached hydrogens (tertiary/aromatic N) is 4. The molecule has 0 bridgehead atoms. The van der Waals surface area contributed by atoms with Crippen LogP contribution in [-0.4, -0.2) is 49.7 Å². The standard InChI is InChI=1S/C23H18F8N6O2/c1-10(35-17-7-34-36-20(38)18(17)23(29,30)31)2-13(24)9-37-8-11-3-15(16(25)4-14(11)21(37)39)19-32-5-12(6-33-19)22(26,27)28/h3-7,10,13H,2,8-9H2,1H3,(H2,35,36,38)/t10-,13+/m0/s1. The van der Waals surface area contributed by atoms with E-state index in [0.29, 0.717) is 12.4 Å². The van der Waals surface area contributed by atoms with Gasteiger partial charge in [0.2, 0.25) is 0 Å². The number of carbonyl (C=O) groups is 1. The predicted molar refractivity (Wildman–Crippen MR) is 120 cm³/mol. The number of fused-ring (bicyclic) bond motifs is 1. The Hall–Kier alpha value is -4.11. The monoisotopic (exact) mass is 562 g/mol. The highest BCUT2D eigenvalue weighted by atomic mass is 19.4. The molecule has 3 aromatic rings. The largest absolute Gasteiger partial charge is 0.423 e. The molecule has 2 atom stereocenters. The second-order valence-corrected chi connectivity index (χ2v) is 8.83. The van der Waals surface area contributed by atoms with Crippen LogP contribution in [0.4, 0.5) is 40.8 Å². The van der Waals surface area contributed by atoms with E-state index >= 15 is 0 Å². The lowest BCUT2D eigenvalue weighted by atomic mass is 10.0. The van der Waals surface area contributed by atoms with Gasteiger partial charge in [0.05, 0.1) is 29.6 Å². The Kier molecular flexibility index (Phi) is 7.32. The molecule has 3 heterocycles. The second-order valence-electron chi connectivity index (χ2n) is 8.83. The lowest BCUT2D eigenvalue weighted by Gasteiger charge is -2.23. The lowest BCUT2D eigenvalue weighted by molar-refractivity contribution is -0.139. The predicted octanol–water partition coefficient (Wildman–Crippen LogP) is 4.59. The van der Waals surface area contributed by atoms with Gasteiger partial charge in [-0.25, -0.2) is 23.8 Å². The topological polar surface area (TPSA) is 104 Å². The van der Waals surface area contributed by atoms with Gasteiger partial charge in [0.1, 0.15) is 17.6 Å². The number of halogens is 8. The third-order valence-electron chi connectivity index (χ3n) is 5.86. The lowest BCUT2D eigenvalue weighted by Crippen LogP contribution is -2.34. The number of anilines is 1. The van der Waals surface area contributed by atoms with E-state index in [1.807, 2.05) is 0 Å². The number of aromatic amines is 1. The Morgan fingerprint density at radius 2 is 1.69 bits per heavy atom. The highest BCUT2D eigenvalue weighted by Gasteiger charge is 2.38. The van der Waals surface area contributed by atoms with Crippen LogP contribution in [0.3, 0.4) is 0 Å². The first-order chi connectivity index (χ1) is 18.1. The van der Waals surface area contributed by atoms with Crippen molar-refractivity contribution < 1.29 is 39.9 Å². The number of aromatic nitrogens is 4. The molecule has 0 saturated carbocycles. The Morgan fingerprint density at radius 1 is 1.03 bits per heavy atom. The maximum absolute atomic E-state index is 14.9. The Bertz CT molecular complexity index is 1440. The van der Waals surface area contributed by atoms with E-state index in [2.05, 4.69) is 20.4 Å². The first-order valence-electron chi connectivity index (χ1n) is 11.2. The van der Waals surface area contributed by atoms with Crippen LogP contribution in [0.1, 0.15) is 40.4 Å². The molecule has 0 saturated heterocycles. The van der Waals surface area contributed by atoms with E-state index in [-0.39, 0.29) is 35.5 Å². The third kappa shape index (κ3) is 5.98. The van der Waals surface area contributed by atoms with Gasteiger partial charge in [-0.05, 0) is 24.6 Å². The number of carbonyl (C=O) groups excluding carboxylic acids is 1. The van der Waals surface area contributed by atoms with Crippen molar-refractivity contribution >= 4 is 11.6 Å². The van der Waals surface area contributed by atoms with Crippen LogP contribution in [0.15, 0.2) is 35.5 Å². The number of hydrogen-bond donors (Lipinski definition) is 2. The van der Waals surface area contributed by atoms with Crippen molar-refractivity contribution in [3.8, 4) is 11.4 Å². The molecule has 8 nitrogen and oxygen atoms in total. The van der Waals surface area contributed by atoms with Crippen LogP contribution in [0.25, 0.3) is 11.4 Å². The molecule has 1 aromatic carbocycles. The molecule has 0 radical (unpaired) electrons. The molecular weight excluding hydrogens is 544 g/mol. The number of hydrogen-bond acceptors (Lipinski definition) is 6. The highest BCUT2D eigenvalue weighted by Crippen LogP contribution is 2.33. The first kappa shape index (κ1) is 27.9. The Morgan fingerprint density at radius 3 is 2.31 bits per heavy atom. The van der Waals surface area contributed by atoms with Crippen LogP contribution in [0.2, 0.25) is 0 Å². The van der Waals surface area contributed by atoms with Gasteiger partial charge in [-0.2, -0.15) is 31.4 Å². The molecule has 16 heteroatoms. The molecule has 1 amide bonds. The normalized spacial score (nSPS) is 15.3. The SMILES string of the molecule is C[C@@H](C[C@@H](F)CN1Cc2cc(-c3ncc(C(F)(F)F)cn3)c(F)cc2C1=O)Nc1cn[nH]c(=O)c1C(F)(F)F. The molecule has 1 aliphatic rings. The van der Waals surface area contributed by atoms with Crippen molar-refractivity contribution in [2.24, 2.45) is 0 Å². The fourth-order valence-corrected chi connectivity index (χ4v) is 4.14. The van der Waals surface area contributed by atoms with Crippen LogP contribution >= 0.6 is 0 Å². The van der Waals surface area contributed by atoms with Crippen LogP contribution in [0.5, 0.6) is 0 Å². The molecule has 0 unspecified atom stereocenters. The van der Waals surface area contributed by atoms with Gasteiger partial charge >= 0.3 is 12.4 Å². The molecule has 1 aliphatic heterocycles. The maximum Gasteiger partial charge on any atom is 0.423 e. The fraction of sp³-hybridized carbons (Fsp3) is 0.348. The van der Waals surface area contributed by atoms with Gasteiger partial charge in [0.25, 0.3) is 11.5 Å². The zero-order chi connectivity index (χ0) is 28.7. The number of H-pyrrole nitrogens is 1. The van der Waals surface area contributed by atoms with E-state index in [0.717, 1.165) is 17.2 Å². The minimum absolute atomic E-state index is 0.0778. The molecule has 0 spiro atoms. The number of alkyl halides is 7. The summed E-state index contributed by atoms with van der Waals surface area (Å²) in [6.07, 6.45) is -10.0. The summed E-state index contributed by atoms with van der Waals surface area (Å²) in [5.74, 6) is -2.01. The molecule has 2 aromatic heterocycles. The van der Waals surface area contributed by atoms with Gasteiger partial charge in [-0.3, -0.25) is 9.59 Å². The van der Waals surface area contributed by atoms with Gasteiger partial charge in [0, 0.05) is 37.0 Å². The summed E-state index contributed by atoms with van der Waals surface area (Å²) in [4.78, 5) is 32.4. The van der Waals surface area contributed by atoms with E-state index in [1.54, 1.807) is 5.10 Å². The summed E-state index contributed by atoms with van der Waals surface area (Å²) < 4.78 is 107. The smallest absolute Gasteiger partial charge is 0.381 e. The van der Waals surface area contributed by atoms with Crippen LogP contribution in [-0.2, 0) is 18.9 Å². The van der Waals surface area contributed by atoms with Gasteiger partial charge in [0.15, 0.2) is 5.82 Å². The third-order valence-corrected chi connectivity index (χ3v) is 5.86. The van der Waals surface area contributed by atoms with Crippen molar-refractivity contribution in [1.82, 2.24) is 25.1 Å². The van der Waals surface area contributed by atoms with E-state index in [9.17, 15) is 44.7 Å². The van der Waals surface area contributed by atoms with Gasteiger partial charge in [-0.15, -0.1) is 0 Å².